The van der Waals surface area contributed by atoms with Crippen LogP contribution in [0.25, 0.3) is 0 Å². The lowest BCUT2D eigenvalue weighted by Crippen LogP contribution is -2.55. The van der Waals surface area contributed by atoms with Gasteiger partial charge in [0.15, 0.2) is 0 Å². The first-order valence-corrected chi connectivity index (χ1v) is 4.83. The van der Waals surface area contributed by atoms with Crippen molar-refractivity contribution in [3.8, 4) is 0 Å². The Morgan fingerprint density at radius 2 is 2.07 bits per heavy atom. The highest BCUT2D eigenvalue weighted by molar-refractivity contribution is 5.79. The average molecular weight is 205 g/mol. The van der Waals surface area contributed by atoms with E-state index in [9.17, 15) is 13.6 Å². The second kappa shape index (κ2) is 2.89. The van der Waals surface area contributed by atoms with Crippen molar-refractivity contribution in [2.75, 3.05) is 6.54 Å². The Bertz CT molecular complexity index is 260. The monoisotopic (exact) mass is 205 g/mol. The molecular formula is C9H13F2NO2. The van der Waals surface area contributed by atoms with E-state index in [2.05, 4.69) is 5.32 Å². The number of rotatable bonds is 1. The smallest absolute Gasteiger partial charge is 0.323 e. The second-order valence-corrected chi connectivity index (χ2v) is 4.26. The summed E-state index contributed by atoms with van der Waals surface area (Å²) in [7, 11) is 0. The number of halogens is 2. The molecule has 3 fully saturated rings. The Morgan fingerprint density at radius 3 is 2.57 bits per heavy atom. The summed E-state index contributed by atoms with van der Waals surface area (Å²) in [4.78, 5) is 11.0. The van der Waals surface area contributed by atoms with Gasteiger partial charge in [-0.2, -0.15) is 0 Å². The van der Waals surface area contributed by atoms with E-state index in [1.165, 1.54) is 0 Å². The number of fused-ring (bicyclic) bond motifs is 4. The molecule has 5 heteroatoms. The van der Waals surface area contributed by atoms with Crippen LogP contribution < -0.4 is 5.32 Å². The molecule has 2 atom stereocenters. The molecule has 2 bridgehead atoms. The summed E-state index contributed by atoms with van der Waals surface area (Å²) in [5, 5.41) is 11.8. The molecule has 3 rings (SSSR count). The Hall–Kier alpha value is -0.710. The van der Waals surface area contributed by atoms with E-state index >= 15 is 0 Å². The van der Waals surface area contributed by atoms with Crippen LogP contribution in [0.3, 0.4) is 0 Å². The Kier molecular flexibility index (Phi) is 2.03. The van der Waals surface area contributed by atoms with Gasteiger partial charge in [0, 0.05) is 18.9 Å². The van der Waals surface area contributed by atoms with Crippen molar-refractivity contribution in [1.29, 1.82) is 0 Å². The molecule has 1 saturated carbocycles. The van der Waals surface area contributed by atoms with Crippen LogP contribution in [0, 0.1) is 5.92 Å². The molecular weight excluding hydrogens is 192 g/mol. The minimum absolute atomic E-state index is 0.0336. The molecule has 0 aromatic heterocycles. The molecule has 14 heavy (non-hydrogen) atoms. The lowest BCUT2D eigenvalue weighted by molar-refractivity contribution is -0.146. The highest BCUT2D eigenvalue weighted by Crippen LogP contribution is 2.43. The lowest BCUT2D eigenvalue weighted by Gasteiger charge is -2.34. The van der Waals surface area contributed by atoms with Crippen molar-refractivity contribution in [2.24, 2.45) is 5.92 Å². The van der Waals surface area contributed by atoms with Crippen LogP contribution in [-0.2, 0) is 4.79 Å². The third-order valence-electron chi connectivity index (χ3n) is 3.50. The lowest BCUT2D eigenvalue weighted by atomic mass is 9.86. The predicted octanol–water partition coefficient (Wildman–Crippen LogP) is 1.24. The van der Waals surface area contributed by atoms with Crippen molar-refractivity contribution < 1.29 is 18.7 Å². The number of hydrogen-bond acceptors (Lipinski definition) is 2. The van der Waals surface area contributed by atoms with Crippen LogP contribution in [0.1, 0.15) is 25.7 Å². The van der Waals surface area contributed by atoms with Crippen LogP contribution in [0.2, 0.25) is 0 Å². The molecule has 1 unspecified atom stereocenters. The van der Waals surface area contributed by atoms with Gasteiger partial charge in [0.05, 0.1) is 0 Å². The second-order valence-electron chi connectivity index (χ2n) is 4.26. The summed E-state index contributed by atoms with van der Waals surface area (Å²) in [6, 6.07) is 0. The molecule has 3 nitrogen and oxygen atoms in total. The molecule has 0 radical (unpaired) electrons. The van der Waals surface area contributed by atoms with E-state index in [1.54, 1.807) is 0 Å². The number of alkyl halides is 2. The molecule has 2 saturated heterocycles. The molecule has 0 amide bonds. The maximum atomic E-state index is 13.4. The topological polar surface area (TPSA) is 49.3 Å². The third kappa shape index (κ3) is 1.30. The number of aliphatic carboxylic acids is 1. The first kappa shape index (κ1) is 9.83. The maximum Gasteiger partial charge on any atom is 0.323 e. The van der Waals surface area contributed by atoms with Gasteiger partial charge >= 0.3 is 5.97 Å². The van der Waals surface area contributed by atoms with E-state index in [0.29, 0.717) is 12.8 Å². The summed E-state index contributed by atoms with van der Waals surface area (Å²) in [5.74, 6) is -4.37. The first-order valence-electron chi connectivity index (χ1n) is 4.83. The number of carboxylic acids is 1. The van der Waals surface area contributed by atoms with E-state index in [1.807, 2.05) is 0 Å². The van der Waals surface area contributed by atoms with Crippen LogP contribution in [-0.4, -0.2) is 29.1 Å². The van der Waals surface area contributed by atoms with Crippen molar-refractivity contribution in [3.05, 3.63) is 0 Å². The zero-order valence-electron chi connectivity index (χ0n) is 7.72. The summed E-state index contributed by atoms with van der Waals surface area (Å²) >= 11 is 0. The molecule has 1 aliphatic carbocycles. The van der Waals surface area contributed by atoms with E-state index < -0.39 is 23.3 Å². The number of carboxylic acid groups (broad SMARTS) is 1. The minimum Gasteiger partial charge on any atom is -0.480 e. The summed E-state index contributed by atoms with van der Waals surface area (Å²) in [6.07, 6.45) is 0.359. The maximum absolute atomic E-state index is 13.4. The van der Waals surface area contributed by atoms with Gasteiger partial charge in [-0.15, -0.1) is 0 Å². The third-order valence-corrected chi connectivity index (χ3v) is 3.50. The van der Waals surface area contributed by atoms with Gasteiger partial charge in [-0.05, 0) is 19.3 Å². The van der Waals surface area contributed by atoms with E-state index in [0.717, 1.165) is 0 Å². The SMILES string of the molecule is O=C(O)C12CC[C@H](CN1)C(F)(F)CC2. The normalized spacial score (nSPS) is 40.6. The molecule has 0 spiro atoms. The quantitative estimate of drug-likeness (QED) is 0.677. The molecule has 0 aromatic carbocycles. The standard InChI is InChI=1S/C9H13F2NO2/c10-9(11)4-3-8(7(13)14)2-1-6(9)5-12-8/h6,12H,1-5H2,(H,13,14)/t6-,8?/m1/s1. The zero-order valence-corrected chi connectivity index (χ0v) is 7.72. The Balaban J connectivity index is 2.25. The largest absolute Gasteiger partial charge is 0.480 e. The van der Waals surface area contributed by atoms with Gasteiger partial charge in [-0.25, -0.2) is 8.78 Å². The Morgan fingerprint density at radius 1 is 1.36 bits per heavy atom. The predicted molar refractivity (Wildman–Crippen MR) is 45.3 cm³/mol. The molecule has 3 aliphatic rings. The van der Waals surface area contributed by atoms with Gasteiger partial charge < -0.3 is 10.4 Å². The fourth-order valence-electron chi connectivity index (χ4n) is 2.38. The summed E-state index contributed by atoms with van der Waals surface area (Å²) in [5.41, 5.74) is -1.09. The average Bonchev–Trinajstić information content (AvgIpc) is 2.34. The fraction of sp³-hybridized carbons (Fsp3) is 0.889. The van der Waals surface area contributed by atoms with Gasteiger partial charge in [0.1, 0.15) is 5.54 Å². The molecule has 2 aliphatic heterocycles. The van der Waals surface area contributed by atoms with Gasteiger partial charge in [0.25, 0.3) is 5.92 Å². The Labute approximate surface area is 80.5 Å². The molecule has 2 N–H and O–H groups in total. The van der Waals surface area contributed by atoms with E-state index in [4.69, 9.17) is 5.11 Å². The van der Waals surface area contributed by atoms with Crippen LogP contribution in [0.15, 0.2) is 0 Å². The van der Waals surface area contributed by atoms with Crippen molar-refractivity contribution in [1.82, 2.24) is 5.32 Å². The van der Waals surface area contributed by atoms with Gasteiger partial charge in [-0.3, -0.25) is 4.79 Å². The number of carbonyl (C=O) groups is 1. The van der Waals surface area contributed by atoms with Gasteiger partial charge in [0.2, 0.25) is 0 Å². The fourth-order valence-corrected chi connectivity index (χ4v) is 2.38. The number of piperidine rings is 1. The summed E-state index contributed by atoms with van der Waals surface area (Å²) in [6.45, 7) is 0.124. The van der Waals surface area contributed by atoms with Crippen LogP contribution in [0.4, 0.5) is 8.78 Å². The number of nitrogens with one attached hydrogen (secondary N) is 1. The van der Waals surface area contributed by atoms with Crippen molar-refractivity contribution in [2.45, 2.75) is 37.1 Å². The van der Waals surface area contributed by atoms with Gasteiger partial charge in [-0.1, -0.05) is 0 Å². The van der Waals surface area contributed by atoms with Crippen molar-refractivity contribution in [3.63, 3.8) is 0 Å². The van der Waals surface area contributed by atoms with Crippen LogP contribution in [0.5, 0.6) is 0 Å². The molecule has 0 aromatic rings. The minimum atomic E-state index is -2.69. The van der Waals surface area contributed by atoms with Crippen molar-refractivity contribution >= 4 is 5.97 Å². The van der Waals surface area contributed by atoms with E-state index in [-0.39, 0.29) is 19.4 Å². The first-order chi connectivity index (χ1) is 6.46. The highest BCUT2D eigenvalue weighted by Gasteiger charge is 2.53. The zero-order chi connectivity index (χ0) is 10.4. The highest BCUT2D eigenvalue weighted by atomic mass is 19.3. The summed E-state index contributed by atoms with van der Waals surface area (Å²) < 4.78 is 26.7. The number of hydrogen-bond donors (Lipinski definition) is 2. The molecule has 80 valence electrons. The van der Waals surface area contributed by atoms with Crippen LogP contribution >= 0.6 is 0 Å². The molecule has 2 heterocycles.